The second-order valence-corrected chi connectivity index (χ2v) is 11.6. The Bertz CT molecular complexity index is 898. The summed E-state index contributed by atoms with van der Waals surface area (Å²) in [5.74, 6) is 2.80. The van der Waals surface area contributed by atoms with Gasteiger partial charge in [-0.25, -0.2) is 0 Å². The normalized spacial score (nSPS) is 38.5. The zero-order chi connectivity index (χ0) is 21.8. The van der Waals surface area contributed by atoms with Crippen LogP contribution in [0.25, 0.3) is 0 Å². The van der Waals surface area contributed by atoms with E-state index in [1.807, 2.05) is 36.4 Å². The van der Waals surface area contributed by atoms with E-state index >= 15 is 0 Å². The van der Waals surface area contributed by atoms with E-state index in [0.29, 0.717) is 42.3 Å². The van der Waals surface area contributed by atoms with Gasteiger partial charge in [0.25, 0.3) is 0 Å². The van der Waals surface area contributed by atoms with E-state index in [1.165, 1.54) is 24.8 Å². The van der Waals surface area contributed by atoms with Crippen LogP contribution in [0.1, 0.15) is 71.3 Å². The minimum absolute atomic E-state index is 0.0487. The topological polar surface area (TPSA) is 43.4 Å². The SMILES string of the molecule is CC1(C)CC(=O)C=C2CC[C@@H]3[C@H](CC[C@]4(C)[C@@H](OC(=O)Cc5ccccc5)CC[C@@H]34)[C@H]21. The molecule has 31 heavy (non-hydrogen) atoms. The summed E-state index contributed by atoms with van der Waals surface area (Å²) in [4.78, 5) is 25.0. The van der Waals surface area contributed by atoms with E-state index in [2.05, 4.69) is 20.8 Å². The van der Waals surface area contributed by atoms with Gasteiger partial charge < -0.3 is 4.74 Å². The number of ketones is 1. The lowest BCUT2D eigenvalue weighted by Crippen LogP contribution is -2.51. The van der Waals surface area contributed by atoms with Gasteiger partial charge in [-0.2, -0.15) is 0 Å². The van der Waals surface area contributed by atoms with Crippen LogP contribution in [-0.4, -0.2) is 17.9 Å². The number of ether oxygens (including phenoxy) is 1. The number of hydrogen-bond acceptors (Lipinski definition) is 3. The third kappa shape index (κ3) is 3.58. The number of carbonyl (C=O) groups excluding carboxylic acids is 2. The fraction of sp³-hybridized carbons (Fsp3) is 0.643. The maximum atomic E-state index is 12.7. The predicted molar refractivity (Wildman–Crippen MR) is 121 cm³/mol. The molecular formula is C28H36O3. The van der Waals surface area contributed by atoms with E-state index < -0.39 is 0 Å². The molecule has 166 valence electrons. The van der Waals surface area contributed by atoms with Crippen LogP contribution < -0.4 is 0 Å². The van der Waals surface area contributed by atoms with Crippen LogP contribution >= 0.6 is 0 Å². The van der Waals surface area contributed by atoms with Crippen molar-refractivity contribution < 1.29 is 14.3 Å². The second-order valence-electron chi connectivity index (χ2n) is 11.6. The maximum absolute atomic E-state index is 12.7. The number of esters is 1. The predicted octanol–water partition coefficient (Wildman–Crippen LogP) is 5.92. The molecule has 6 atom stereocenters. The summed E-state index contributed by atoms with van der Waals surface area (Å²) < 4.78 is 6.13. The number of benzene rings is 1. The number of fused-ring (bicyclic) bond motifs is 5. The highest BCUT2D eigenvalue weighted by molar-refractivity contribution is 5.92. The number of carbonyl (C=O) groups is 2. The minimum atomic E-state index is -0.0824. The summed E-state index contributed by atoms with van der Waals surface area (Å²) in [5.41, 5.74) is 2.62. The Labute approximate surface area is 186 Å². The lowest BCUT2D eigenvalue weighted by molar-refractivity contribution is -0.158. The first-order valence-corrected chi connectivity index (χ1v) is 12.2. The smallest absolute Gasteiger partial charge is 0.310 e. The summed E-state index contributed by atoms with van der Waals surface area (Å²) >= 11 is 0. The van der Waals surface area contributed by atoms with Gasteiger partial charge in [0, 0.05) is 11.8 Å². The molecule has 3 fully saturated rings. The van der Waals surface area contributed by atoms with Gasteiger partial charge >= 0.3 is 5.97 Å². The van der Waals surface area contributed by atoms with Crippen molar-refractivity contribution in [2.75, 3.05) is 0 Å². The van der Waals surface area contributed by atoms with Crippen molar-refractivity contribution in [3.8, 4) is 0 Å². The van der Waals surface area contributed by atoms with Crippen LogP contribution in [0.3, 0.4) is 0 Å². The van der Waals surface area contributed by atoms with E-state index in [-0.39, 0.29) is 22.9 Å². The summed E-state index contributed by atoms with van der Waals surface area (Å²) in [6.07, 6.45) is 9.87. The molecule has 3 heteroatoms. The maximum Gasteiger partial charge on any atom is 0.310 e. The van der Waals surface area contributed by atoms with Crippen molar-refractivity contribution >= 4 is 11.8 Å². The van der Waals surface area contributed by atoms with Crippen molar-refractivity contribution in [1.82, 2.24) is 0 Å². The van der Waals surface area contributed by atoms with Gasteiger partial charge in [-0.05, 0) is 79.3 Å². The van der Waals surface area contributed by atoms with Gasteiger partial charge in [0.05, 0.1) is 6.42 Å². The van der Waals surface area contributed by atoms with Gasteiger partial charge in [-0.15, -0.1) is 0 Å². The molecule has 3 saturated carbocycles. The molecule has 0 aliphatic heterocycles. The fourth-order valence-electron chi connectivity index (χ4n) is 8.08. The van der Waals surface area contributed by atoms with Gasteiger partial charge in [0.15, 0.2) is 5.78 Å². The molecule has 4 aliphatic carbocycles. The van der Waals surface area contributed by atoms with Crippen LogP contribution in [0.5, 0.6) is 0 Å². The Morgan fingerprint density at radius 2 is 1.81 bits per heavy atom. The van der Waals surface area contributed by atoms with Gasteiger partial charge in [-0.3, -0.25) is 9.59 Å². The van der Waals surface area contributed by atoms with Gasteiger partial charge in [-0.1, -0.05) is 56.7 Å². The molecule has 1 aromatic carbocycles. The molecule has 0 spiro atoms. The average molecular weight is 421 g/mol. The van der Waals surface area contributed by atoms with Crippen molar-refractivity contribution in [2.45, 2.75) is 78.2 Å². The molecule has 0 aromatic heterocycles. The van der Waals surface area contributed by atoms with Gasteiger partial charge in [0.1, 0.15) is 6.10 Å². The Morgan fingerprint density at radius 1 is 1.03 bits per heavy atom. The lowest BCUT2D eigenvalue weighted by Gasteiger charge is -2.56. The van der Waals surface area contributed by atoms with Crippen LogP contribution in [-0.2, 0) is 20.7 Å². The Hall–Kier alpha value is -1.90. The number of allylic oxidation sites excluding steroid dienone is 1. The molecule has 1 aromatic rings. The lowest BCUT2D eigenvalue weighted by atomic mass is 9.48. The molecule has 0 unspecified atom stereocenters. The molecule has 0 heterocycles. The van der Waals surface area contributed by atoms with E-state index in [4.69, 9.17) is 4.74 Å². The third-order valence-corrected chi connectivity index (χ3v) is 9.28. The average Bonchev–Trinajstić information content (AvgIpc) is 3.03. The molecule has 3 nitrogen and oxygen atoms in total. The third-order valence-electron chi connectivity index (χ3n) is 9.28. The minimum Gasteiger partial charge on any atom is -0.462 e. The zero-order valence-corrected chi connectivity index (χ0v) is 19.2. The fourth-order valence-corrected chi connectivity index (χ4v) is 8.08. The highest BCUT2D eigenvalue weighted by Crippen LogP contribution is 2.64. The molecule has 5 rings (SSSR count). The first kappa shape index (κ1) is 21.0. The summed E-state index contributed by atoms with van der Waals surface area (Å²) in [7, 11) is 0. The molecule has 0 N–H and O–H groups in total. The molecule has 0 amide bonds. The van der Waals surface area contributed by atoms with Crippen molar-refractivity contribution in [3.63, 3.8) is 0 Å². The van der Waals surface area contributed by atoms with Gasteiger partial charge in [0.2, 0.25) is 0 Å². The van der Waals surface area contributed by atoms with E-state index in [9.17, 15) is 9.59 Å². The molecule has 4 aliphatic rings. The Morgan fingerprint density at radius 3 is 2.58 bits per heavy atom. The summed E-state index contributed by atoms with van der Waals surface area (Å²) in [6.45, 7) is 7.01. The highest BCUT2D eigenvalue weighted by atomic mass is 16.5. The van der Waals surface area contributed by atoms with Crippen molar-refractivity contribution in [1.29, 1.82) is 0 Å². The van der Waals surface area contributed by atoms with Crippen LogP contribution in [0, 0.1) is 34.5 Å². The number of hydrogen-bond donors (Lipinski definition) is 0. The molecule has 0 saturated heterocycles. The standard InChI is InChI=1S/C28H36O3/c1-27(2)17-20(29)16-19-9-10-21-22(26(19)27)13-14-28(3)23(21)11-12-24(28)31-25(30)15-18-7-5-4-6-8-18/h4-8,16,21-24,26H,9-15,17H2,1-3H3/t21-,22+,23+,24+,26+,28+/m1/s1. The molecule has 0 radical (unpaired) electrons. The molecular weight excluding hydrogens is 384 g/mol. The van der Waals surface area contributed by atoms with Crippen LogP contribution in [0.15, 0.2) is 42.0 Å². The van der Waals surface area contributed by atoms with Crippen LogP contribution in [0.4, 0.5) is 0 Å². The summed E-state index contributed by atoms with van der Waals surface area (Å²) in [5, 5.41) is 0. The first-order valence-electron chi connectivity index (χ1n) is 12.2. The second kappa shape index (κ2) is 7.60. The Balaban J connectivity index is 1.32. The quantitative estimate of drug-likeness (QED) is 0.570. The summed E-state index contributed by atoms with van der Waals surface area (Å²) in [6, 6.07) is 9.92. The van der Waals surface area contributed by atoms with E-state index in [1.54, 1.807) is 0 Å². The first-order chi connectivity index (χ1) is 14.8. The van der Waals surface area contributed by atoms with Crippen molar-refractivity contribution in [2.24, 2.45) is 34.5 Å². The van der Waals surface area contributed by atoms with Crippen molar-refractivity contribution in [3.05, 3.63) is 47.5 Å². The Kier molecular flexibility index (Phi) is 5.14. The van der Waals surface area contributed by atoms with E-state index in [0.717, 1.165) is 24.8 Å². The largest absolute Gasteiger partial charge is 0.462 e. The molecule has 0 bridgehead atoms. The monoisotopic (exact) mass is 420 g/mol. The van der Waals surface area contributed by atoms with Crippen LogP contribution in [0.2, 0.25) is 0 Å². The highest BCUT2D eigenvalue weighted by Gasteiger charge is 2.59. The number of rotatable bonds is 3. The zero-order valence-electron chi connectivity index (χ0n) is 19.2.